The average Bonchev–Trinajstić information content (AvgIpc) is 3.23. The maximum atomic E-state index is 12.5. The summed E-state index contributed by atoms with van der Waals surface area (Å²) in [4.78, 5) is 40.2. The van der Waals surface area contributed by atoms with E-state index in [0.717, 1.165) is 30.6 Å². The average molecular weight is 421 g/mol. The molecule has 1 atom stereocenters. The number of carbonyl (C=O) groups is 3. The number of rotatable bonds is 5. The highest BCUT2D eigenvalue weighted by atomic mass is 16.2. The summed E-state index contributed by atoms with van der Waals surface area (Å²) < 4.78 is 0. The Morgan fingerprint density at radius 2 is 1.74 bits per heavy atom. The van der Waals surface area contributed by atoms with Crippen LogP contribution in [-0.4, -0.2) is 42.4 Å². The SMILES string of the molecule is CC(NC(=O)NCC(=O)N1CCc2ccccc2C1)c1ccc(N2CCCC2=O)cc1. The summed E-state index contributed by atoms with van der Waals surface area (Å²) in [7, 11) is 0. The quantitative estimate of drug-likeness (QED) is 0.780. The smallest absolute Gasteiger partial charge is 0.315 e. The molecule has 1 saturated heterocycles. The van der Waals surface area contributed by atoms with Gasteiger partial charge in [-0.1, -0.05) is 36.4 Å². The Labute approximate surface area is 182 Å². The molecule has 2 aliphatic heterocycles. The number of carbonyl (C=O) groups excluding carboxylic acids is 3. The lowest BCUT2D eigenvalue weighted by Crippen LogP contribution is -2.45. The van der Waals surface area contributed by atoms with Crippen molar-refractivity contribution in [1.82, 2.24) is 15.5 Å². The largest absolute Gasteiger partial charge is 0.336 e. The molecular weight excluding hydrogens is 392 g/mol. The Morgan fingerprint density at radius 1 is 1.00 bits per heavy atom. The van der Waals surface area contributed by atoms with Crippen molar-refractivity contribution in [2.24, 2.45) is 0 Å². The summed E-state index contributed by atoms with van der Waals surface area (Å²) in [5, 5.41) is 5.54. The van der Waals surface area contributed by atoms with Gasteiger partial charge in [0.15, 0.2) is 0 Å². The minimum absolute atomic E-state index is 0.0310. The summed E-state index contributed by atoms with van der Waals surface area (Å²) >= 11 is 0. The first-order chi connectivity index (χ1) is 15.0. The van der Waals surface area contributed by atoms with Crippen molar-refractivity contribution >= 4 is 23.5 Å². The molecule has 2 heterocycles. The molecule has 4 rings (SSSR count). The van der Waals surface area contributed by atoms with E-state index in [2.05, 4.69) is 16.7 Å². The molecular formula is C24H28N4O3. The highest BCUT2D eigenvalue weighted by Crippen LogP contribution is 2.23. The number of benzene rings is 2. The van der Waals surface area contributed by atoms with Crippen LogP contribution in [0.2, 0.25) is 0 Å². The van der Waals surface area contributed by atoms with E-state index >= 15 is 0 Å². The standard InChI is InChI=1S/C24H28N4O3/c1-17(18-8-10-21(11-9-18)28-13-4-7-22(28)29)26-24(31)25-15-23(30)27-14-12-19-5-2-3-6-20(19)16-27/h2-3,5-6,8-11,17H,4,7,12-16H2,1H3,(H2,25,26,31). The van der Waals surface area contributed by atoms with Crippen LogP contribution in [0.25, 0.3) is 0 Å². The van der Waals surface area contributed by atoms with E-state index in [4.69, 9.17) is 0 Å². The topological polar surface area (TPSA) is 81.8 Å². The summed E-state index contributed by atoms with van der Waals surface area (Å²) in [5.41, 5.74) is 4.27. The van der Waals surface area contributed by atoms with Crippen molar-refractivity contribution in [3.63, 3.8) is 0 Å². The van der Waals surface area contributed by atoms with Crippen LogP contribution >= 0.6 is 0 Å². The van der Waals surface area contributed by atoms with E-state index in [0.29, 0.717) is 19.5 Å². The minimum atomic E-state index is -0.378. The molecule has 0 spiro atoms. The first-order valence-electron chi connectivity index (χ1n) is 10.8. The van der Waals surface area contributed by atoms with Crippen LogP contribution in [-0.2, 0) is 22.6 Å². The molecule has 0 bridgehead atoms. The second kappa shape index (κ2) is 9.20. The van der Waals surface area contributed by atoms with Gasteiger partial charge in [-0.3, -0.25) is 9.59 Å². The zero-order valence-corrected chi connectivity index (χ0v) is 17.8. The molecule has 0 radical (unpaired) electrons. The van der Waals surface area contributed by atoms with Crippen LogP contribution in [0, 0.1) is 0 Å². The lowest BCUT2D eigenvalue weighted by Gasteiger charge is -2.29. The zero-order valence-electron chi connectivity index (χ0n) is 17.8. The lowest BCUT2D eigenvalue weighted by atomic mass is 10.00. The fourth-order valence-corrected chi connectivity index (χ4v) is 4.17. The molecule has 0 saturated carbocycles. The van der Waals surface area contributed by atoms with E-state index < -0.39 is 0 Å². The molecule has 7 nitrogen and oxygen atoms in total. The number of fused-ring (bicyclic) bond motifs is 1. The van der Waals surface area contributed by atoms with Gasteiger partial charge in [-0.05, 0) is 48.6 Å². The van der Waals surface area contributed by atoms with Gasteiger partial charge in [0.2, 0.25) is 11.8 Å². The molecule has 2 aromatic rings. The molecule has 4 amide bonds. The van der Waals surface area contributed by atoms with Gasteiger partial charge in [-0.25, -0.2) is 4.79 Å². The van der Waals surface area contributed by atoms with Crippen molar-refractivity contribution in [2.75, 3.05) is 24.5 Å². The van der Waals surface area contributed by atoms with Gasteiger partial charge in [-0.2, -0.15) is 0 Å². The van der Waals surface area contributed by atoms with Crippen LogP contribution in [0.4, 0.5) is 10.5 Å². The van der Waals surface area contributed by atoms with E-state index in [1.165, 1.54) is 11.1 Å². The molecule has 2 N–H and O–H groups in total. The van der Waals surface area contributed by atoms with Gasteiger partial charge >= 0.3 is 6.03 Å². The van der Waals surface area contributed by atoms with Crippen LogP contribution in [0.3, 0.4) is 0 Å². The second-order valence-electron chi connectivity index (χ2n) is 8.12. The number of amides is 4. The predicted octanol–water partition coefficient (Wildman–Crippen LogP) is 2.76. The third-order valence-corrected chi connectivity index (χ3v) is 6.01. The fraction of sp³-hybridized carbons (Fsp3) is 0.375. The highest BCUT2D eigenvalue weighted by molar-refractivity contribution is 5.95. The highest BCUT2D eigenvalue weighted by Gasteiger charge is 2.22. The van der Waals surface area contributed by atoms with Crippen LogP contribution in [0.1, 0.15) is 42.5 Å². The molecule has 0 aromatic heterocycles. The zero-order chi connectivity index (χ0) is 21.8. The summed E-state index contributed by atoms with van der Waals surface area (Å²) in [6, 6.07) is 15.2. The fourth-order valence-electron chi connectivity index (χ4n) is 4.17. The van der Waals surface area contributed by atoms with Gasteiger partial charge in [0, 0.05) is 31.7 Å². The first-order valence-corrected chi connectivity index (χ1v) is 10.8. The van der Waals surface area contributed by atoms with Gasteiger partial charge in [0.05, 0.1) is 12.6 Å². The third-order valence-electron chi connectivity index (χ3n) is 6.01. The van der Waals surface area contributed by atoms with E-state index in [9.17, 15) is 14.4 Å². The van der Waals surface area contributed by atoms with Crippen molar-refractivity contribution in [1.29, 1.82) is 0 Å². The molecule has 1 unspecified atom stereocenters. The Hall–Kier alpha value is -3.35. The molecule has 1 fully saturated rings. The summed E-state index contributed by atoms with van der Waals surface area (Å²) in [6.07, 6.45) is 2.33. The first kappa shape index (κ1) is 20.9. The summed E-state index contributed by atoms with van der Waals surface area (Å²) in [6.45, 7) is 3.86. The van der Waals surface area contributed by atoms with Crippen LogP contribution in [0.5, 0.6) is 0 Å². The molecule has 7 heteroatoms. The Morgan fingerprint density at radius 3 is 2.45 bits per heavy atom. The molecule has 162 valence electrons. The van der Waals surface area contributed by atoms with Crippen molar-refractivity contribution < 1.29 is 14.4 Å². The number of nitrogens with one attached hydrogen (secondary N) is 2. The van der Waals surface area contributed by atoms with Crippen molar-refractivity contribution in [3.05, 3.63) is 65.2 Å². The summed E-state index contributed by atoms with van der Waals surface area (Å²) in [5.74, 6) is 0.0668. The number of hydrogen-bond acceptors (Lipinski definition) is 3. The molecule has 2 aromatic carbocycles. The molecule has 0 aliphatic carbocycles. The molecule has 31 heavy (non-hydrogen) atoms. The Balaban J connectivity index is 1.25. The monoisotopic (exact) mass is 420 g/mol. The maximum Gasteiger partial charge on any atom is 0.315 e. The Kier molecular flexibility index (Phi) is 6.21. The number of nitrogens with zero attached hydrogens (tertiary/aromatic N) is 2. The van der Waals surface area contributed by atoms with Gasteiger partial charge in [-0.15, -0.1) is 0 Å². The normalized spacial score (nSPS) is 16.6. The third kappa shape index (κ3) is 4.87. The lowest BCUT2D eigenvalue weighted by molar-refractivity contribution is -0.131. The van der Waals surface area contributed by atoms with E-state index in [-0.39, 0.29) is 30.4 Å². The number of hydrogen-bond donors (Lipinski definition) is 2. The predicted molar refractivity (Wildman–Crippen MR) is 119 cm³/mol. The van der Waals surface area contributed by atoms with Crippen molar-refractivity contribution in [3.8, 4) is 0 Å². The van der Waals surface area contributed by atoms with E-state index in [1.54, 1.807) is 9.80 Å². The van der Waals surface area contributed by atoms with Gasteiger partial charge in [0.25, 0.3) is 0 Å². The second-order valence-corrected chi connectivity index (χ2v) is 8.12. The van der Waals surface area contributed by atoms with Crippen molar-refractivity contribution in [2.45, 2.75) is 38.8 Å². The van der Waals surface area contributed by atoms with Crippen LogP contribution < -0.4 is 15.5 Å². The van der Waals surface area contributed by atoms with Gasteiger partial charge < -0.3 is 20.4 Å². The van der Waals surface area contributed by atoms with E-state index in [1.807, 2.05) is 49.4 Å². The van der Waals surface area contributed by atoms with Gasteiger partial charge in [0.1, 0.15) is 0 Å². The Bertz CT molecular complexity index is 973. The maximum absolute atomic E-state index is 12.5. The number of urea groups is 1. The van der Waals surface area contributed by atoms with Crippen LogP contribution in [0.15, 0.2) is 48.5 Å². The minimum Gasteiger partial charge on any atom is -0.336 e. The number of anilines is 1. The molecule has 2 aliphatic rings.